The molecule has 0 aliphatic carbocycles. The lowest BCUT2D eigenvalue weighted by Gasteiger charge is -2.35. The lowest BCUT2D eigenvalue weighted by Crippen LogP contribution is -2.50. The zero-order valence-corrected chi connectivity index (χ0v) is 16.7. The zero-order chi connectivity index (χ0) is 18.2. The molecule has 1 saturated heterocycles. The number of ether oxygens (including phenoxy) is 3. The Kier molecular flexibility index (Phi) is 9.37. The van der Waals surface area contributed by atoms with Crippen LogP contribution in [0.25, 0.3) is 0 Å². The summed E-state index contributed by atoms with van der Waals surface area (Å²) in [5.74, 6) is 2.32. The van der Waals surface area contributed by atoms with E-state index in [1.807, 2.05) is 31.7 Å². The second kappa shape index (κ2) is 11.0. The van der Waals surface area contributed by atoms with Gasteiger partial charge >= 0.3 is 0 Å². The van der Waals surface area contributed by atoms with E-state index in [0.717, 1.165) is 49.8 Å². The van der Waals surface area contributed by atoms with Gasteiger partial charge in [0.05, 0.1) is 19.8 Å². The summed E-state index contributed by atoms with van der Waals surface area (Å²) in [6.07, 6.45) is 0. The van der Waals surface area contributed by atoms with Crippen LogP contribution in [0.5, 0.6) is 17.2 Å². The lowest BCUT2D eigenvalue weighted by molar-refractivity contribution is 0.171. The molecular weight excluding hydrogens is 356 g/mol. The van der Waals surface area contributed by atoms with Gasteiger partial charge in [-0.1, -0.05) is 6.07 Å². The molecule has 0 bridgehead atoms. The number of halogens is 1. The van der Waals surface area contributed by atoms with Gasteiger partial charge in [0.2, 0.25) is 5.75 Å². The van der Waals surface area contributed by atoms with Crippen LogP contribution in [-0.4, -0.2) is 61.8 Å². The molecule has 1 fully saturated rings. The van der Waals surface area contributed by atoms with E-state index in [-0.39, 0.29) is 18.4 Å². The van der Waals surface area contributed by atoms with Gasteiger partial charge in [-0.3, -0.25) is 10.3 Å². The molecule has 0 radical (unpaired) electrons. The first kappa shape index (κ1) is 22.2. The molecule has 26 heavy (non-hydrogen) atoms. The molecule has 1 heterocycles. The lowest BCUT2D eigenvalue weighted by atomic mass is 10.1. The first-order valence-corrected chi connectivity index (χ1v) is 8.96. The quantitative estimate of drug-likeness (QED) is 0.527. The third-order valence-corrected chi connectivity index (χ3v) is 4.14. The molecule has 2 rings (SSSR count). The van der Waals surface area contributed by atoms with Crippen LogP contribution in [0.2, 0.25) is 0 Å². The van der Waals surface area contributed by atoms with Crippen LogP contribution in [0, 0.1) is 5.41 Å². The van der Waals surface area contributed by atoms with Crippen molar-refractivity contribution in [1.29, 1.82) is 5.41 Å². The fourth-order valence-corrected chi connectivity index (χ4v) is 2.95. The van der Waals surface area contributed by atoms with Crippen molar-refractivity contribution in [2.75, 3.05) is 46.0 Å². The average molecular weight is 387 g/mol. The van der Waals surface area contributed by atoms with Crippen LogP contribution in [0.1, 0.15) is 26.3 Å². The molecule has 1 aliphatic heterocycles. The number of nitrogens with two attached hydrogens (primary N) is 1. The Morgan fingerprint density at radius 1 is 0.962 bits per heavy atom. The number of piperazine rings is 1. The van der Waals surface area contributed by atoms with E-state index in [9.17, 15) is 0 Å². The van der Waals surface area contributed by atoms with Gasteiger partial charge in [-0.05, 0) is 26.8 Å². The number of benzene rings is 1. The van der Waals surface area contributed by atoms with Crippen molar-refractivity contribution in [2.24, 2.45) is 5.73 Å². The summed E-state index contributed by atoms with van der Waals surface area (Å²) in [5.41, 5.74) is 6.66. The van der Waals surface area contributed by atoms with E-state index in [1.54, 1.807) is 0 Å². The van der Waals surface area contributed by atoms with Crippen molar-refractivity contribution < 1.29 is 14.2 Å². The Morgan fingerprint density at radius 3 is 2.08 bits per heavy atom. The molecule has 0 spiro atoms. The van der Waals surface area contributed by atoms with E-state index in [4.69, 9.17) is 25.4 Å². The van der Waals surface area contributed by atoms with E-state index < -0.39 is 0 Å². The largest absolute Gasteiger partial charge is 0.490 e. The monoisotopic (exact) mass is 386 g/mol. The highest BCUT2D eigenvalue weighted by Crippen LogP contribution is 2.41. The molecule has 1 aromatic rings. The number of rotatable bonds is 8. The molecule has 0 aromatic heterocycles. The van der Waals surface area contributed by atoms with E-state index in [1.165, 1.54) is 0 Å². The van der Waals surface area contributed by atoms with Crippen molar-refractivity contribution in [3.63, 3.8) is 0 Å². The second-order valence-corrected chi connectivity index (χ2v) is 5.83. The SMILES string of the molecule is CCOc1ccc(CN2CCN(C(=N)N)CC2)c(OCC)c1OCC.Cl. The molecule has 1 aliphatic rings. The summed E-state index contributed by atoms with van der Waals surface area (Å²) in [4.78, 5) is 4.23. The Hall–Kier alpha value is -1.86. The zero-order valence-electron chi connectivity index (χ0n) is 15.9. The minimum absolute atomic E-state index is 0. The van der Waals surface area contributed by atoms with Crippen LogP contribution in [0.3, 0.4) is 0 Å². The van der Waals surface area contributed by atoms with Crippen LogP contribution in [0.15, 0.2) is 12.1 Å². The average Bonchev–Trinajstić information content (AvgIpc) is 2.60. The van der Waals surface area contributed by atoms with Crippen molar-refractivity contribution in [2.45, 2.75) is 27.3 Å². The van der Waals surface area contributed by atoms with Gasteiger partial charge in [0.15, 0.2) is 17.5 Å². The molecule has 8 heteroatoms. The second-order valence-electron chi connectivity index (χ2n) is 5.83. The van der Waals surface area contributed by atoms with Crippen molar-refractivity contribution in [3.05, 3.63) is 17.7 Å². The van der Waals surface area contributed by atoms with E-state index in [2.05, 4.69) is 11.0 Å². The summed E-state index contributed by atoms with van der Waals surface area (Å²) >= 11 is 0. The maximum absolute atomic E-state index is 7.54. The Labute approximate surface area is 162 Å². The fourth-order valence-electron chi connectivity index (χ4n) is 2.95. The molecular formula is C18H31ClN4O3. The maximum atomic E-state index is 7.54. The Bertz CT molecular complexity index is 578. The molecule has 3 N–H and O–H groups in total. The van der Waals surface area contributed by atoms with Gasteiger partial charge in [0, 0.05) is 38.3 Å². The number of nitrogens with one attached hydrogen (secondary N) is 1. The van der Waals surface area contributed by atoms with Gasteiger partial charge in [-0.2, -0.15) is 0 Å². The predicted molar refractivity (Wildman–Crippen MR) is 106 cm³/mol. The number of hydrogen-bond acceptors (Lipinski definition) is 5. The maximum Gasteiger partial charge on any atom is 0.203 e. The first-order valence-electron chi connectivity index (χ1n) is 8.96. The molecule has 0 atom stereocenters. The topological polar surface area (TPSA) is 84.0 Å². The normalized spacial score (nSPS) is 14.5. The standard InChI is InChI=1S/C18H30N4O3.ClH/c1-4-23-15-8-7-14(16(24-5-2)17(15)25-6-3)13-21-9-11-22(12-10-21)18(19)20;/h7-8H,4-6,9-13H2,1-3H3,(H3,19,20);1H. The summed E-state index contributed by atoms with van der Waals surface area (Å²) < 4.78 is 17.4. The number of hydrogen-bond donors (Lipinski definition) is 2. The van der Waals surface area contributed by atoms with Crippen LogP contribution in [0.4, 0.5) is 0 Å². The fraction of sp³-hybridized carbons (Fsp3) is 0.611. The Morgan fingerprint density at radius 2 is 1.54 bits per heavy atom. The summed E-state index contributed by atoms with van der Waals surface area (Å²) in [7, 11) is 0. The molecule has 1 aromatic carbocycles. The number of nitrogens with zero attached hydrogens (tertiary/aromatic N) is 2. The van der Waals surface area contributed by atoms with Gasteiger partial charge in [-0.25, -0.2) is 0 Å². The summed E-state index contributed by atoms with van der Waals surface area (Å²) in [6, 6.07) is 4.01. The van der Waals surface area contributed by atoms with Crippen LogP contribution in [-0.2, 0) is 6.54 Å². The van der Waals surface area contributed by atoms with Gasteiger partial charge in [0.25, 0.3) is 0 Å². The van der Waals surface area contributed by atoms with Crippen molar-refractivity contribution in [1.82, 2.24) is 9.80 Å². The molecule has 0 saturated carbocycles. The molecule has 7 nitrogen and oxygen atoms in total. The number of guanidine groups is 1. The molecule has 0 amide bonds. The van der Waals surface area contributed by atoms with Gasteiger partial charge in [-0.15, -0.1) is 12.4 Å². The molecule has 0 unspecified atom stereocenters. The smallest absolute Gasteiger partial charge is 0.203 e. The highest BCUT2D eigenvalue weighted by molar-refractivity contribution is 5.85. The third-order valence-electron chi connectivity index (χ3n) is 4.14. The minimum Gasteiger partial charge on any atom is -0.490 e. The highest BCUT2D eigenvalue weighted by atomic mass is 35.5. The summed E-state index contributed by atoms with van der Waals surface area (Å²) in [5, 5.41) is 7.54. The summed E-state index contributed by atoms with van der Waals surface area (Å²) in [6.45, 7) is 11.6. The third kappa shape index (κ3) is 5.57. The van der Waals surface area contributed by atoms with Crippen molar-refractivity contribution >= 4 is 18.4 Å². The predicted octanol–water partition coefficient (Wildman–Crippen LogP) is 2.32. The minimum atomic E-state index is 0. The van der Waals surface area contributed by atoms with Crippen molar-refractivity contribution in [3.8, 4) is 17.2 Å². The van der Waals surface area contributed by atoms with Gasteiger partial charge in [0.1, 0.15) is 0 Å². The van der Waals surface area contributed by atoms with Gasteiger partial charge < -0.3 is 24.8 Å². The van der Waals surface area contributed by atoms with Crippen LogP contribution < -0.4 is 19.9 Å². The van der Waals surface area contributed by atoms with E-state index in [0.29, 0.717) is 25.6 Å². The van der Waals surface area contributed by atoms with Crippen LogP contribution >= 0.6 is 12.4 Å². The molecule has 148 valence electrons. The first-order chi connectivity index (χ1) is 12.1. The Balaban J connectivity index is 0.00000338. The highest BCUT2D eigenvalue weighted by Gasteiger charge is 2.22. The van der Waals surface area contributed by atoms with E-state index >= 15 is 0 Å².